The van der Waals surface area contributed by atoms with E-state index in [1.54, 1.807) is 11.0 Å². The molecule has 1 aliphatic rings. The first kappa shape index (κ1) is 16.5. The summed E-state index contributed by atoms with van der Waals surface area (Å²) < 4.78 is 20.9. The largest absolute Gasteiger partial charge is 0.444 e. The third-order valence-electron chi connectivity index (χ3n) is 4.16. The summed E-state index contributed by atoms with van der Waals surface area (Å²) in [5.74, 6) is 0.0705. The minimum Gasteiger partial charge on any atom is -0.444 e. The van der Waals surface area contributed by atoms with E-state index in [1.165, 1.54) is 12.1 Å². The predicted octanol–water partition coefficient (Wildman–Crippen LogP) is 3.33. The molecule has 0 bridgehead atoms. The maximum atomic E-state index is 13.6. The maximum absolute atomic E-state index is 13.6. The molecule has 1 aromatic carbocycles. The Labute approximate surface area is 140 Å². The SMILES string of the molecule is CC(C)(C)OC(=O)N1CCC(n2c(N)nc3ccc(F)cc32)CC1. The number of piperidine rings is 1. The molecule has 0 atom stereocenters. The first-order valence-electron chi connectivity index (χ1n) is 8.15. The molecular weight excluding hydrogens is 311 g/mol. The highest BCUT2D eigenvalue weighted by atomic mass is 19.1. The fourth-order valence-corrected chi connectivity index (χ4v) is 3.10. The van der Waals surface area contributed by atoms with E-state index in [1.807, 2.05) is 25.3 Å². The van der Waals surface area contributed by atoms with Gasteiger partial charge in [0.15, 0.2) is 0 Å². The van der Waals surface area contributed by atoms with Crippen molar-refractivity contribution in [2.75, 3.05) is 18.8 Å². The molecule has 0 aliphatic carbocycles. The highest BCUT2D eigenvalue weighted by Crippen LogP contribution is 2.30. The molecule has 130 valence electrons. The molecular formula is C17H23FN4O2. The first-order valence-corrected chi connectivity index (χ1v) is 8.15. The molecule has 0 saturated carbocycles. The van der Waals surface area contributed by atoms with Crippen molar-refractivity contribution in [3.63, 3.8) is 0 Å². The number of benzene rings is 1. The number of halogens is 1. The third kappa shape index (κ3) is 3.29. The van der Waals surface area contributed by atoms with Gasteiger partial charge in [0.1, 0.15) is 11.4 Å². The Hall–Kier alpha value is -2.31. The summed E-state index contributed by atoms with van der Waals surface area (Å²) >= 11 is 0. The summed E-state index contributed by atoms with van der Waals surface area (Å²) in [6.45, 7) is 6.71. The minimum atomic E-state index is -0.504. The zero-order valence-electron chi connectivity index (χ0n) is 14.3. The highest BCUT2D eigenvalue weighted by molar-refractivity contribution is 5.78. The number of rotatable bonds is 1. The van der Waals surface area contributed by atoms with Gasteiger partial charge in [-0.25, -0.2) is 14.2 Å². The zero-order valence-corrected chi connectivity index (χ0v) is 14.3. The number of ether oxygens (including phenoxy) is 1. The normalized spacial score (nSPS) is 16.6. The number of hydrogen-bond acceptors (Lipinski definition) is 4. The minimum absolute atomic E-state index is 0.0930. The van der Waals surface area contributed by atoms with Gasteiger partial charge < -0.3 is 19.9 Å². The smallest absolute Gasteiger partial charge is 0.410 e. The Morgan fingerprint density at radius 2 is 2.00 bits per heavy atom. The Kier molecular flexibility index (Phi) is 4.11. The van der Waals surface area contributed by atoms with Gasteiger partial charge in [0, 0.05) is 19.1 Å². The number of carbonyl (C=O) groups is 1. The van der Waals surface area contributed by atoms with E-state index in [4.69, 9.17) is 10.5 Å². The van der Waals surface area contributed by atoms with Crippen molar-refractivity contribution >= 4 is 23.1 Å². The molecule has 0 radical (unpaired) electrons. The van der Waals surface area contributed by atoms with Gasteiger partial charge in [-0.1, -0.05) is 0 Å². The van der Waals surface area contributed by atoms with Gasteiger partial charge in [0.2, 0.25) is 5.95 Å². The van der Waals surface area contributed by atoms with Crippen molar-refractivity contribution in [1.29, 1.82) is 0 Å². The Morgan fingerprint density at radius 3 is 2.62 bits per heavy atom. The van der Waals surface area contributed by atoms with E-state index in [2.05, 4.69) is 4.98 Å². The second-order valence-electron chi connectivity index (χ2n) is 7.17. The Balaban J connectivity index is 1.75. The molecule has 24 heavy (non-hydrogen) atoms. The van der Waals surface area contributed by atoms with Crippen LogP contribution in [0.15, 0.2) is 18.2 Å². The van der Waals surface area contributed by atoms with Crippen molar-refractivity contribution in [1.82, 2.24) is 14.5 Å². The fourth-order valence-electron chi connectivity index (χ4n) is 3.10. The highest BCUT2D eigenvalue weighted by Gasteiger charge is 2.29. The van der Waals surface area contributed by atoms with Crippen LogP contribution in [-0.4, -0.2) is 39.2 Å². The lowest BCUT2D eigenvalue weighted by Gasteiger charge is -2.34. The summed E-state index contributed by atoms with van der Waals surface area (Å²) in [4.78, 5) is 18.1. The summed E-state index contributed by atoms with van der Waals surface area (Å²) in [6, 6.07) is 4.56. The van der Waals surface area contributed by atoms with Crippen molar-refractivity contribution < 1.29 is 13.9 Å². The second-order valence-corrected chi connectivity index (χ2v) is 7.17. The number of nitrogens with zero attached hydrogens (tertiary/aromatic N) is 3. The number of likely N-dealkylation sites (tertiary alicyclic amines) is 1. The van der Waals surface area contributed by atoms with Crippen LogP contribution in [0.4, 0.5) is 15.1 Å². The van der Waals surface area contributed by atoms with E-state index in [9.17, 15) is 9.18 Å². The van der Waals surface area contributed by atoms with Gasteiger partial charge in [-0.2, -0.15) is 0 Å². The predicted molar refractivity (Wildman–Crippen MR) is 90.2 cm³/mol. The van der Waals surface area contributed by atoms with E-state index < -0.39 is 5.60 Å². The lowest BCUT2D eigenvalue weighted by molar-refractivity contribution is 0.0190. The molecule has 0 unspecified atom stereocenters. The number of nitrogens with two attached hydrogens (primary N) is 1. The van der Waals surface area contributed by atoms with Crippen LogP contribution in [0, 0.1) is 5.82 Å². The molecule has 1 aromatic heterocycles. The summed E-state index contributed by atoms with van der Waals surface area (Å²) in [5.41, 5.74) is 6.91. The molecule has 0 spiro atoms. The monoisotopic (exact) mass is 334 g/mol. The summed E-state index contributed by atoms with van der Waals surface area (Å²) in [7, 11) is 0. The second kappa shape index (κ2) is 5.96. The van der Waals surface area contributed by atoms with Crippen LogP contribution in [-0.2, 0) is 4.74 Å². The number of fused-ring (bicyclic) bond motifs is 1. The molecule has 2 N–H and O–H groups in total. The van der Waals surface area contributed by atoms with Crippen molar-refractivity contribution in [2.45, 2.75) is 45.3 Å². The Morgan fingerprint density at radius 1 is 1.33 bits per heavy atom. The lowest BCUT2D eigenvalue weighted by atomic mass is 10.0. The van der Waals surface area contributed by atoms with E-state index in [0.29, 0.717) is 30.1 Å². The lowest BCUT2D eigenvalue weighted by Crippen LogP contribution is -2.42. The van der Waals surface area contributed by atoms with Crippen LogP contribution in [0.3, 0.4) is 0 Å². The number of anilines is 1. The fraction of sp³-hybridized carbons (Fsp3) is 0.529. The van der Waals surface area contributed by atoms with Gasteiger partial charge in [-0.05, 0) is 51.8 Å². The molecule has 7 heteroatoms. The molecule has 1 amide bonds. The molecule has 2 heterocycles. The van der Waals surface area contributed by atoms with E-state index in [-0.39, 0.29) is 18.0 Å². The van der Waals surface area contributed by atoms with Gasteiger partial charge in [0.25, 0.3) is 0 Å². The van der Waals surface area contributed by atoms with E-state index >= 15 is 0 Å². The van der Waals surface area contributed by atoms with Gasteiger partial charge in [-0.15, -0.1) is 0 Å². The number of aromatic nitrogens is 2. The summed E-state index contributed by atoms with van der Waals surface area (Å²) in [6.07, 6.45) is 1.16. The van der Waals surface area contributed by atoms with Gasteiger partial charge >= 0.3 is 6.09 Å². The average molecular weight is 334 g/mol. The number of amides is 1. The molecule has 1 saturated heterocycles. The van der Waals surface area contributed by atoms with Crippen LogP contribution < -0.4 is 5.73 Å². The molecule has 1 fully saturated rings. The van der Waals surface area contributed by atoms with Crippen LogP contribution in [0.1, 0.15) is 39.7 Å². The number of nitrogen functional groups attached to an aromatic ring is 1. The zero-order chi connectivity index (χ0) is 17.5. The summed E-state index contributed by atoms with van der Waals surface area (Å²) in [5, 5.41) is 0. The number of imidazole rings is 1. The van der Waals surface area contributed by atoms with Crippen LogP contribution in [0.2, 0.25) is 0 Å². The van der Waals surface area contributed by atoms with Crippen LogP contribution in [0.5, 0.6) is 0 Å². The van der Waals surface area contributed by atoms with Crippen molar-refractivity contribution in [3.05, 3.63) is 24.0 Å². The van der Waals surface area contributed by atoms with E-state index in [0.717, 1.165) is 12.8 Å². The van der Waals surface area contributed by atoms with Crippen LogP contribution in [0.25, 0.3) is 11.0 Å². The van der Waals surface area contributed by atoms with Gasteiger partial charge in [-0.3, -0.25) is 0 Å². The molecule has 2 aromatic rings. The first-order chi connectivity index (χ1) is 11.2. The number of hydrogen-bond donors (Lipinski definition) is 1. The Bertz CT molecular complexity index is 758. The topological polar surface area (TPSA) is 73.4 Å². The average Bonchev–Trinajstić information content (AvgIpc) is 2.81. The van der Waals surface area contributed by atoms with Crippen molar-refractivity contribution in [2.24, 2.45) is 0 Å². The molecule has 6 nitrogen and oxygen atoms in total. The van der Waals surface area contributed by atoms with Gasteiger partial charge in [0.05, 0.1) is 11.0 Å². The maximum Gasteiger partial charge on any atom is 0.410 e. The number of carbonyl (C=O) groups excluding carboxylic acids is 1. The standard InChI is InChI=1S/C17H23FN4O2/c1-17(2,3)24-16(23)21-8-6-12(7-9-21)22-14-10-11(18)4-5-13(14)20-15(22)19/h4-5,10,12H,6-9H2,1-3H3,(H2,19,20). The molecule has 1 aliphatic heterocycles. The molecule has 3 rings (SSSR count). The quantitative estimate of drug-likeness (QED) is 0.868. The van der Waals surface area contributed by atoms with Crippen LogP contribution >= 0.6 is 0 Å². The van der Waals surface area contributed by atoms with Crippen molar-refractivity contribution in [3.8, 4) is 0 Å². The third-order valence-corrected chi connectivity index (χ3v) is 4.16.